The molecule has 0 saturated carbocycles. The van der Waals surface area contributed by atoms with E-state index in [4.69, 9.17) is 4.74 Å². The lowest BCUT2D eigenvalue weighted by Crippen LogP contribution is -2.47. The normalized spacial score (nSPS) is 25.1. The maximum absolute atomic E-state index is 12.3. The molecule has 0 radical (unpaired) electrons. The number of nitrogens with one attached hydrogen (secondary N) is 2. The van der Waals surface area contributed by atoms with Crippen molar-refractivity contribution in [3.63, 3.8) is 0 Å². The van der Waals surface area contributed by atoms with E-state index >= 15 is 0 Å². The summed E-state index contributed by atoms with van der Waals surface area (Å²) in [6.07, 6.45) is 4.24. The summed E-state index contributed by atoms with van der Waals surface area (Å²) in [6, 6.07) is 3.19. The number of aromatic nitrogens is 1. The molecule has 8 nitrogen and oxygen atoms in total. The summed E-state index contributed by atoms with van der Waals surface area (Å²) in [4.78, 5) is 41.3. The SMILES string of the molecule is CC1(C)NC(=O)N(CC(=O)N[C@@H]2COC[C@H]2Cc2ccncc2)C1=O. The topological polar surface area (TPSA) is 101 Å². The Bertz CT molecular complexity index is 676. The average molecular weight is 346 g/mol. The lowest BCUT2D eigenvalue weighted by atomic mass is 9.95. The van der Waals surface area contributed by atoms with Gasteiger partial charge in [0.2, 0.25) is 5.91 Å². The highest BCUT2D eigenvalue weighted by atomic mass is 16.5. The minimum Gasteiger partial charge on any atom is -0.379 e. The van der Waals surface area contributed by atoms with Gasteiger partial charge in [-0.1, -0.05) is 0 Å². The maximum Gasteiger partial charge on any atom is 0.325 e. The lowest BCUT2D eigenvalue weighted by Gasteiger charge is -2.21. The van der Waals surface area contributed by atoms with Crippen molar-refractivity contribution >= 4 is 17.8 Å². The second-order valence-electron chi connectivity index (χ2n) is 6.98. The average Bonchev–Trinajstić information content (AvgIpc) is 3.06. The standard InChI is InChI=1S/C17H22N4O4/c1-17(2)15(23)21(16(24)20-17)8-14(22)19-13-10-25-9-12(13)7-11-3-5-18-6-4-11/h3-6,12-13H,7-10H2,1-2H3,(H,19,22)(H,20,24)/t12-,13-/m1/s1. The molecule has 2 saturated heterocycles. The lowest BCUT2D eigenvalue weighted by molar-refractivity contribution is -0.134. The van der Waals surface area contributed by atoms with Gasteiger partial charge in [-0.05, 0) is 38.0 Å². The van der Waals surface area contributed by atoms with Gasteiger partial charge in [0, 0.05) is 18.3 Å². The molecule has 0 unspecified atom stereocenters. The Kier molecular flexibility index (Phi) is 4.71. The van der Waals surface area contributed by atoms with Crippen LogP contribution in [0.2, 0.25) is 0 Å². The van der Waals surface area contributed by atoms with Gasteiger partial charge in [0.05, 0.1) is 19.3 Å². The summed E-state index contributed by atoms with van der Waals surface area (Å²) in [5, 5.41) is 5.45. The highest BCUT2D eigenvalue weighted by Crippen LogP contribution is 2.20. The first-order valence-electron chi connectivity index (χ1n) is 8.27. The number of hydrogen-bond acceptors (Lipinski definition) is 5. The van der Waals surface area contributed by atoms with Gasteiger partial charge >= 0.3 is 6.03 Å². The van der Waals surface area contributed by atoms with E-state index in [0.29, 0.717) is 13.2 Å². The maximum atomic E-state index is 12.3. The summed E-state index contributed by atoms with van der Waals surface area (Å²) >= 11 is 0. The molecule has 134 valence electrons. The van der Waals surface area contributed by atoms with Crippen LogP contribution in [0.25, 0.3) is 0 Å². The minimum atomic E-state index is -0.974. The molecular weight excluding hydrogens is 324 g/mol. The number of nitrogens with zero attached hydrogens (tertiary/aromatic N) is 2. The van der Waals surface area contributed by atoms with Crippen molar-refractivity contribution in [2.75, 3.05) is 19.8 Å². The summed E-state index contributed by atoms with van der Waals surface area (Å²) in [5.41, 5.74) is 0.151. The van der Waals surface area contributed by atoms with E-state index < -0.39 is 17.5 Å². The van der Waals surface area contributed by atoms with Crippen LogP contribution in [0.3, 0.4) is 0 Å². The summed E-state index contributed by atoms with van der Waals surface area (Å²) in [6.45, 7) is 3.92. The molecule has 2 aliphatic heterocycles. The van der Waals surface area contributed by atoms with Crippen molar-refractivity contribution in [1.29, 1.82) is 0 Å². The van der Waals surface area contributed by atoms with E-state index in [0.717, 1.165) is 16.9 Å². The number of carbonyl (C=O) groups is 3. The number of rotatable bonds is 5. The van der Waals surface area contributed by atoms with Crippen LogP contribution in [0.15, 0.2) is 24.5 Å². The Morgan fingerprint density at radius 1 is 1.36 bits per heavy atom. The molecule has 25 heavy (non-hydrogen) atoms. The second-order valence-corrected chi connectivity index (χ2v) is 6.98. The van der Waals surface area contributed by atoms with Crippen LogP contribution in [-0.2, 0) is 20.7 Å². The molecule has 3 heterocycles. The first-order valence-corrected chi connectivity index (χ1v) is 8.27. The van der Waals surface area contributed by atoms with Gasteiger partial charge in [-0.2, -0.15) is 0 Å². The van der Waals surface area contributed by atoms with Crippen molar-refractivity contribution in [3.05, 3.63) is 30.1 Å². The van der Waals surface area contributed by atoms with E-state index in [9.17, 15) is 14.4 Å². The van der Waals surface area contributed by atoms with Gasteiger partial charge < -0.3 is 15.4 Å². The molecule has 1 aromatic rings. The predicted octanol–water partition coefficient (Wildman–Crippen LogP) is 0.0857. The number of amides is 4. The van der Waals surface area contributed by atoms with Crippen LogP contribution in [0, 0.1) is 5.92 Å². The summed E-state index contributed by atoms with van der Waals surface area (Å²) in [5.74, 6) is -0.619. The van der Waals surface area contributed by atoms with Crippen LogP contribution in [0.4, 0.5) is 4.79 Å². The molecule has 0 bridgehead atoms. The number of hydrogen-bond donors (Lipinski definition) is 2. The van der Waals surface area contributed by atoms with Crippen LogP contribution in [0.1, 0.15) is 19.4 Å². The van der Waals surface area contributed by atoms with E-state index in [2.05, 4.69) is 15.6 Å². The minimum absolute atomic E-state index is 0.144. The molecule has 0 aromatic carbocycles. The van der Waals surface area contributed by atoms with Gasteiger partial charge in [-0.25, -0.2) is 4.79 Å². The quantitative estimate of drug-likeness (QED) is 0.736. The van der Waals surface area contributed by atoms with Crippen LogP contribution in [0.5, 0.6) is 0 Å². The van der Waals surface area contributed by atoms with Crippen molar-refractivity contribution in [1.82, 2.24) is 20.5 Å². The monoisotopic (exact) mass is 346 g/mol. The molecule has 2 fully saturated rings. The summed E-state index contributed by atoms with van der Waals surface area (Å²) < 4.78 is 5.50. The fraction of sp³-hybridized carbons (Fsp3) is 0.529. The largest absolute Gasteiger partial charge is 0.379 e. The van der Waals surface area contributed by atoms with Crippen molar-refractivity contribution < 1.29 is 19.1 Å². The Balaban J connectivity index is 1.57. The second kappa shape index (κ2) is 6.79. The number of urea groups is 1. The number of carbonyl (C=O) groups excluding carboxylic acids is 3. The predicted molar refractivity (Wildman–Crippen MR) is 88.5 cm³/mol. The summed E-state index contributed by atoms with van der Waals surface area (Å²) in [7, 11) is 0. The fourth-order valence-electron chi connectivity index (χ4n) is 3.14. The molecule has 1 aromatic heterocycles. The molecule has 0 aliphatic carbocycles. The van der Waals surface area contributed by atoms with Crippen LogP contribution < -0.4 is 10.6 Å². The smallest absolute Gasteiger partial charge is 0.325 e. The zero-order chi connectivity index (χ0) is 18.0. The van der Waals surface area contributed by atoms with E-state index in [1.165, 1.54) is 0 Å². The van der Waals surface area contributed by atoms with Gasteiger partial charge in [0.1, 0.15) is 12.1 Å². The Labute approximate surface area is 145 Å². The number of imide groups is 1. The van der Waals surface area contributed by atoms with Gasteiger partial charge in [-0.15, -0.1) is 0 Å². The van der Waals surface area contributed by atoms with E-state index in [1.54, 1.807) is 26.2 Å². The molecule has 8 heteroatoms. The highest BCUT2D eigenvalue weighted by Gasteiger charge is 2.45. The highest BCUT2D eigenvalue weighted by molar-refractivity contribution is 6.08. The third-order valence-corrected chi connectivity index (χ3v) is 4.54. The van der Waals surface area contributed by atoms with Gasteiger partial charge in [0.25, 0.3) is 5.91 Å². The van der Waals surface area contributed by atoms with E-state index in [-0.39, 0.29) is 24.4 Å². The molecule has 0 spiro atoms. The van der Waals surface area contributed by atoms with Crippen LogP contribution >= 0.6 is 0 Å². The van der Waals surface area contributed by atoms with Crippen molar-refractivity contribution in [3.8, 4) is 0 Å². The zero-order valence-corrected chi connectivity index (χ0v) is 14.3. The molecular formula is C17H22N4O4. The number of pyridine rings is 1. The Morgan fingerprint density at radius 2 is 2.08 bits per heavy atom. The zero-order valence-electron chi connectivity index (χ0n) is 14.3. The molecule has 4 amide bonds. The van der Waals surface area contributed by atoms with Crippen molar-refractivity contribution in [2.24, 2.45) is 5.92 Å². The van der Waals surface area contributed by atoms with Crippen LogP contribution in [-0.4, -0.2) is 59.1 Å². The first-order chi connectivity index (χ1) is 11.9. The molecule has 2 aliphatic rings. The Morgan fingerprint density at radius 3 is 2.72 bits per heavy atom. The fourth-order valence-corrected chi connectivity index (χ4v) is 3.14. The first kappa shape index (κ1) is 17.3. The Hall–Kier alpha value is -2.48. The number of ether oxygens (including phenoxy) is 1. The van der Waals surface area contributed by atoms with Gasteiger partial charge in [0.15, 0.2) is 0 Å². The van der Waals surface area contributed by atoms with Crippen molar-refractivity contribution in [2.45, 2.75) is 31.8 Å². The molecule has 2 N–H and O–H groups in total. The third-order valence-electron chi connectivity index (χ3n) is 4.54. The molecule has 3 rings (SSSR count). The third kappa shape index (κ3) is 3.79. The molecule has 2 atom stereocenters. The van der Waals surface area contributed by atoms with E-state index in [1.807, 2.05) is 12.1 Å². The van der Waals surface area contributed by atoms with Gasteiger partial charge in [-0.3, -0.25) is 19.5 Å².